The molecule has 0 bridgehead atoms. The quantitative estimate of drug-likeness (QED) is 0.827. The van der Waals surface area contributed by atoms with Gasteiger partial charge in [-0.15, -0.1) is 11.8 Å². The summed E-state index contributed by atoms with van der Waals surface area (Å²) in [6, 6.07) is 8.76. The second-order valence-electron chi connectivity index (χ2n) is 4.11. The first-order valence-corrected chi connectivity index (χ1v) is 6.89. The fourth-order valence-electron chi connectivity index (χ4n) is 1.87. The monoisotopic (exact) mass is 279 g/mol. The molecule has 1 saturated heterocycles. The van der Waals surface area contributed by atoms with Crippen molar-refractivity contribution < 1.29 is 19.5 Å². The van der Waals surface area contributed by atoms with E-state index in [9.17, 15) is 14.4 Å². The second-order valence-corrected chi connectivity index (χ2v) is 5.42. The molecule has 1 unspecified atom stereocenters. The highest BCUT2D eigenvalue weighted by molar-refractivity contribution is 8.00. The smallest absolute Gasteiger partial charge is 0.304 e. The number of para-hydroxylation sites is 1. The molecule has 1 fully saturated rings. The van der Waals surface area contributed by atoms with Crippen molar-refractivity contribution in [3.63, 3.8) is 0 Å². The Morgan fingerprint density at radius 3 is 2.63 bits per heavy atom. The minimum absolute atomic E-state index is 0.00598. The van der Waals surface area contributed by atoms with Gasteiger partial charge in [0.25, 0.3) is 0 Å². The third-order valence-electron chi connectivity index (χ3n) is 2.75. The average molecular weight is 279 g/mol. The maximum Gasteiger partial charge on any atom is 0.304 e. The third kappa shape index (κ3) is 3.14. The molecule has 100 valence electrons. The zero-order valence-electron chi connectivity index (χ0n) is 10.1. The zero-order valence-corrected chi connectivity index (χ0v) is 10.9. The van der Waals surface area contributed by atoms with Crippen molar-refractivity contribution in [1.82, 2.24) is 0 Å². The van der Waals surface area contributed by atoms with Crippen LogP contribution >= 0.6 is 11.8 Å². The van der Waals surface area contributed by atoms with Crippen LogP contribution in [0.2, 0.25) is 0 Å². The van der Waals surface area contributed by atoms with Crippen molar-refractivity contribution in [2.45, 2.75) is 18.1 Å². The largest absolute Gasteiger partial charge is 0.481 e. The van der Waals surface area contributed by atoms with Gasteiger partial charge in [0, 0.05) is 12.2 Å². The van der Waals surface area contributed by atoms with E-state index in [0.29, 0.717) is 11.4 Å². The number of benzene rings is 1. The van der Waals surface area contributed by atoms with Gasteiger partial charge in [-0.25, -0.2) is 4.90 Å². The number of amides is 2. The second kappa shape index (κ2) is 5.88. The highest BCUT2D eigenvalue weighted by Crippen LogP contribution is 2.29. The number of aliphatic carboxylic acids is 1. The zero-order chi connectivity index (χ0) is 13.8. The SMILES string of the molecule is O=C(O)CCSC1CC(=O)N(c2ccccc2)C1=O. The first-order valence-electron chi connectivity index (χ1n) is 5.85. The molecule has 1 aromatic carbocycles. The van der Waals surface area contributed by atoms with Crippen LogP contribution in [0.25, 0.3) is 0 Å². The van der Waals surface area contributed by atoms with Crippen molar-refractivity contribution in [2.75, 3.05) is 10.7 Å². The molecule has 6 heteroatoms. The molecule has 1 N–H and O–H groups in total. The summed E-state index contributed by atoms with van der Waals surface area (Å²) in [5, 5.41) is 8.09. The lowest BCUT2D eigenvalue weighted by Crippen LogP contribution is -2.31. The predicted molar refractivity (Wildman–Crippen MR) is 72.1 cm³/mol. The van der Waals surface area contributed by atoms with Gasteiger partial charge in [0.1, 0.15) is 0 Å². The van der Waals surface area contributed by atoms with Crippen LogP contribution in [0.4, 0.5) is 5.69 Å². The maximum atomic E-state index is 12.1. The Morgan fingerprint density at radius 1 is 1.32 bits per heavy atom. The molecule has 0 aliphatic carbocycles. The van der Waals surface area contributed by atoms with Crippen LogP contribution in [0.1, 0.15) is 12.8 Å². The summed E-state index contributed by atoms with van der Waals surface area (Å²) >= 11 is 1.23. The molecule has 1 heterocycles. The van der Waals surface area contributed by atoms with E-state index in [1.54, 1.807) is 24.3 Å². The van der Waals surface area contributed by atoms with E-state index < -0.39 is 11.2 Å². The third-order valence-corrected chi connectivity index (χ3v) is 3.97. The molecule has 5 nitrogen and oxygen atoms in total. The van der Waals surface area contributed by atoms with Crippen molar-refractivity contribution in [2.24, 2.45) is 0 Å². The molecule has 0 radical (unpaired) electrons. The Balaban J connectivity index is 2.03. The fourth-order valence-corrected chi connectivity index (χ4v) is 2.96. The molecule has 2 amide bonds. The minimum Gasteiger partial charge on any atom is -0.481 e. The average Bonchev–Trinajstić information content (AvgIpc) is 2.65. The Morgan fingerprint density at radius 2 is 2.00 bits per heavy atom. The summed E-state index contributed by atoms with van der Waals surface area (Å²) in [7, 11) is 0. The number of nitrogens with zero attached hydrogens (tertiary/aromatic N) is 1. The standard InChI is InChI=1S/C13H13NO4S/c15-11-8-10(19-7-6-12(16)17)13(18)14(11)9-4-2-1-3-5-9/h1-5,10H,6-8H2,(H,16,17). The van der Waals surface area contributed by atoms with Crippen LogP contribution in [-0.4, -0.2) is 33.9 Å². The molecule has 2 rings (SSSR count). The molecule has 1 aliphatic heterocycles. The van der Waals surface area contributed by atoms with E-state index >= 15 is 0 Å². The summed E-state index contributed by atoms with van der Waals surface area (Å²) in [6.07, 6.45) is 0.131. The van der Waals surface area contributed by atoms with Gasteiger partial charge in [-0.3, -0.25) is 14.4 Å². The molecular formula is C13H13NO4S. The first-order chi connectivity index (χ1) is 9.09. The molecule has 19 heavy (non-hydrogen) atoms. The highest BCUT2D eigenvalue weighted by Gasteiger charge is 2.39. The Labute approximate surface area is 114 Å². The van der Waals surface area contributed by atoms with Gasteiger partial charge in [0.15, 0.2) is 0 Å². The number of rotatable bonds is 5. The van der Waals surface area contributed by atoms with E-state index in [2.05, 4.69) is 0 Å². The number of hydrogen-bond acceptors (Lipinski definition) is 4. The highest BCUT2D eigenvalue weighted by atomic mass is 32.2. The van der Waals surface area contributed by atoms with Gasteiger partial charge in [-0.2, -0.15) is 0 Å². The predicted octanol–water partition coefficient (Wildman–Crippen LogP) is 1.53. The van der Waals surface area contributed by atoms with Crippen LogP contribution in [-0.2, 0) is 14.4 Å². The first kappa shape index (κ1) is 13.6. The number of imide groups is 1. The number of thioether (sulfide) groups is 1. The number of carbonyl (C=O) groups excluding carboxylic acids is 2. The number of anilines is 1. The Bertz CT molecular complexity index is 503. The lowest BCUT2D eigenvalue weighted by Gasteiger charge is -2.14. The number of hydrogen-bond donors (Lipinski definition) is 1. The van der Waals surface area contributed by atoms with Crippen LogP contribution in [0, 0.1) is 0 Å². The summed E-state index contributed by atoms with van der Waals surface area (Å²) in [4.78, 5) is 35.6. The van der Waals surface area contributed by atoms with Crippen LogP contribution in [0.3, 0.4) is 0 Å². The lowest BCUT2D eigenvalue weighted by atomic mass is 10.3. The molecule has 0 aromatic heterocycles. The Kier molecular flexibility index (Phi) is 4.21. The normalized spacial score (nSPS) is 18.9. The number of carboxylic acids is 1. The fraction of sp³-hybridized carbons (Fsp3) is 0.308. The minimum atomic E-state index is -0.899. The van der Waals surface area contributed by atoms with Crippen LogP contribution in [0.5, 0.6) is 0 Å². The van der Waals surface area contributed by atoms with Gasteiger partial charge in [0.2, 0.25) is 11.8 Å². The maximum absolute atomic E-state index is 12.1. The van der Waals surface area contributed by atoms with Gasteiger partial charge in [0.05, 0.1) is 17.4 Å². The topological polar surface area (TPSA) is 74.7 Å². The molecular weight excluding hydrogens is 266 g/mol. The van der Waals surface area contributed by atoms with Gasteiger partial charge < -0.3 is 5.11 Å². The molecule has 1 aromatic rings. The van der Waals surface area contributed by atoms with E-state index in [1.165, 1.54) is 16.7 Å². The van der Waals surface area contributed by atoms with E-state index in [1.807, 2.05) is 6.07 Å². The lowest BCUT2D eigenvalue weighted by molar-refractivity contribution is -0.136. The van der Waals surface area contributed by atoms with Crippen molar-refractivity contribution in [1.29, 1.82) is 0 Å². The van der Waals surface area contributed by atoms with Gasteiger partial charge in [-0.05, 0) is 12.1 Å². The van der Waals surface area contributed by atoms with E-state index in [0.717, 1.165) is 0 Å². The summed E-state index contributed by atoms with van der Waals surface area (Å²) in [6.45, 7) is 0. The van der Waals surface area contributed by atoms with Gasteiger partial charge in [-0.1, -0.05) is 18.2 Å². The van der Waals surface area contributed by atoms with Crippen LogP contribution < -0.4 is 4.90 Å². The number of carboxylic acid groups (broad SMARTS) is 1. The van der Waals surface area contributed by atoms with Crippen molar-refractivity contribution >= 4 is 35.2 Å². The number of carbonyl (C=O) groups is 3. The Hall–Kier alpha value is -1.82. The van der Waals surface area contributed by atoms with Gasteiger partial charge >= 0.3 is 5.97 Å². The van der Waals surface area contributed by atoms with Crippen molar-refractivity contribution in [3.8, 4) is 0 Å². The summed E-state index contributed by atoms with van der Waals surface area (Å²) < 4.78 is 0. The molecule has 1 atom stereocenters. The van der Waals surface area contributed by atoms with Crippen molar-refractivity contribution in [3.05, 3.63) is 30.3 Å². The van der Waals surface area contributed by atoms with E-state index in [-0.39, 0.29) is 24.7 Å². The summed E-state index contributed by atoms with van der Waals surface area (Å²) in [5.74, 6) is -1.05. The van der Waals surface area contributed by atoms with Crippen LogP contribution in [0.15, 0.2) is 30.3 Å². The molecule has 1 aliphatic rings. The molecule has 0 spiro atoms. The molecule has 0 saturated carbocycles. The van der Waals surface area contributed by atoms with E-state index in [4.69, 9.17) is 5.11 Å². The summed E-state index contributed by atoms with van der Waals surface area (Å²) in [5.41, 5.74) is 0.568.